The molecule has 1 amide bonds. The number of para-hydroxylation sites is 1. The quantitative estimate of drug-likeness (QED) is 0.928. The molecule has 0 unspecified atom stereocenters. The van der Waals surface area contributed by atoms with Crippen LogP contribution in [0.3, 0.4) is 0 Å². The molecule has 0 bridgehead atoms. The molecule has 1 N–H and O–H groups in total. The van der Waals surface area contributed by atoms with Crippen molar-refractivity contribution in [2.24, 2.45) is 0 Å². The summed E-state index contributed by atoms with van der Waals surface area (Å²) in [6.45, 7) is 3.51. The van der Waals surface area contributed by atoms with Gasteiger partial charge in [-0.25, -0.2) is 0 Å². The number of benzene rings is 1. The van der Waals surface area contributed by atoms with Crippen molar-refractivity contribution in [1.29, 1.82) is 0 Å². The maximum absolute atomic E-state index is 12.1. The first kappa shape index (κ1) is 15.7. The van der Waals surface area contributed by atoms with Gasteiger partial charge in [-0.1, -0.05) is 23.7 Å². The molecule has 2 aliphatic heterocycles. The topological polar surface area (TPSA) is 50.8 Å². The van der Waals surface area contributed by atoms with Gasteiger partial charge in [0.1, 0.15) is 0 Å². The molecule has 0 atom stereocenters. The molecule has 2 fully saturated rings. The molecule has 120 valence electrons. The molecule has 5 nitrogen and oxygen atoms in total. The zero-order valence-corrected chi connectivity index (χ0v) is 13.3. The average Bonchev–Trinajstić information content (AvgIpc) is 2.53. The number of carbonyl (C=O) groups excluding carboxylic acids is 1. The fourth-order valence-electron chi connectivity index (χ4n) is 2.91. The Hall–Kier alpha value is -1.14. The number of halogens is 1. The van der Waals surface area contributed by atoms with Crippen molar-refractivity contribution >= 4 is 23.2 Å². The Bertz CT molecular complexity index is 522. The lowest BCUT2D eigenvalue weighted by Crippen LogP contribution is -2.51. The van der Waals surface area contributed by atoms with E-state index in [4.69, 9.17) is 21.1 Å². The minimum atomic E-state index is -0.409. The molecule has 22 heavy (non-hydrogen) atoms. The van der Waals surface area contributed by atoms with E-state index < -0.39 is 5.79 Å². The largest absolute Gasteiger partial charge is 0.350 e. The predicted octanol–water partition coefficient (Wildman–Crippen LogP) is 2.51. The SMILES string of the molecule is O=C(CN1CCC2(CC1)OCCCO2)Nc1ccccc1Cl. The highest BCUT2D eigenvalue weighted by molar-refractivity contribution is 6.33. The summed E-state index contributed by atoms with van der Waals surface area (Å²) in [7, 11) is 0. The van der Waals surface area contributed by atoms with Gasteiger partial charge >= 0.3 is 0 Å². The number of hydrogen-bond acceptors (Lipinski definition) is 4. The van der Waals surface area contributed by atoms with Crippen LogP contribution in [0.5, 0.6) is 0 Å². The van der Waals surface area contributed by atoms with E-state index in [2.05, 4.69) is 10.2 Å². The summed E-state index contributed by atoms with van der Waals surface area (Å²) in [6.07, 6.45) is 2.59. The second-order valence-electron chi connectivity index (χ2n) is 5.77. The van der Waals surface area contributed by atoms with Crippen molar-refractivity contribution in [3.8, 4) is 0 Å². The third-order valence-corrected chi connectivity index (χ3v) is 4.48. The standard InChI is InChI=1S/C16H21ClN2O3/c17-13-4-1-2-5-14(13)18-15(20)12-19-8-6-16(7-9-19)21-10-3-11-22-16/h1-2,4-5H,3,6-12H2,(H,18,20). The van der Waals surface area contributed by atoms with Gasteiger partial charge in [-0.05, 0) is 18.6 Å². The molecule has 0 radical (unpaired) electrons. The lowest BCUT2D eigenvalue weighted by Gasteiger charge is -2.43. The highest BCUT2D eigenvalue weighted by Gasteiger charge is 2.38. The highest BCUT2D eigenvalue weighted by atomic mass is 35.5. The van der Waals surface area contributed by atoms with Gasteiger partial charge in [0.05, 0.1) is 30.5 Å². The van der Waals surface area contributed by atoms with Crippen LogP contribution in [0.4, 0.5) is 5.69 Å². The second kappa shape index (κ2) is 6.96. The van der Waals surface area contributed by atoms with E-state index in [1.807, 2.05) is 12.1 Å². The van der Waals surface area contributed by atoms with E-state index in [-0.39, 0.29) is 5.91 Å². The first-order valence-corrected chi connectivity index (χ1v) is 8.09. The molecule has 3 rings (SSSR count). The van der Waals surface area contributed by atoms with Crippen LogP contribution in [0.2, 0.25) is 5.02 Å². The van der Waals surface area contributed by atoms with Crippen molar-refractivity contribution in [1.82, 2.24) is 4.90 Å². The Labute approximate surface area is 135 Å². The zero-order valence-electron chi connectivity index (χ0n) is 12.5. The minimum Gasteiger partial charge on any atom is -0.350 e. The summed E-state index contributed by atoms with van der Waals surface area (Å²) in [5, 5.41) is 3.41. The summed E-state index contributed by atoms with van der Waals surface area (Å²) in [5.41, 5.74) is 0.654. The van der Waals surface area contributed by atoms with Crippen LogP contribution in [0, 0.1) is 0 Å². The molecular formula is C16H21ClN2O3. The third kappa shape index (κ3) is 3.79. The lowest BCUT2D eigenvalue weighted by molar-refractivity contribution is -0.283. The van der Waals surface area contributed by atoms with Crippen LogP contribution < -0.4 is 5.32 Å². The molecule has 1 aromatic rings. The number of hydrogen-bond donors (Lipinski definition) is 1. The maximum Gasteiger partial charge on any atom is 0.238 e. The minimum absolute atomic E-state index is 0.0467. The molecule has 2 heterocycles. The number of likely N-dealkylation sites (tertiary alicyclic amines) is 1. The van der Waals surface area contributed by atoms with Gasteiger partial charge in [-0.3, -0.25) is 9.69 Å². The molecule has 0 saturated carbocycles. The number of anilines is 1. The van der Waals surface area contributed by atoms with Crippen LogP contribution in [-0.2, 0) is 14.3 Å². The molecular weight excluding hydrogens is 304 g/mol. The Morgan fingerprint density at radius 1 is 1.23 bits per heavy atom. The van der Waals surface area contributed by atoms with E-state index >= 15 is 0 Å². The van der Waals surface area contributed by atoms with E-state index in [1.54, 1.807) is 12.1 Å². The van der Waals surface area contributed by atoms with Crippen molar-refractivity contribution in [2.45, 2.75) is 25.0 Å². The van der Waals surface area contributed by atoms with Crippen molar-refractivity contribution in [3.05, 3.63) is 29.3 Å². The summed E-state index contributed by atoms with van der Waals surface area (Å²) < 4.78 is 11.6. The molecule has 1 spiro atoms. The monoisotopic (exact) mass is 324 g/mol. The lowest BCUT2D eigenvalue weighted by atomic mass is 10.0. The average molecular weight is 325 g/mol. The van der Waals surface area contributed by atoms with Crippen molar-refractivity contribution < 1.29 is 14.3 Å². The highest BCUT2D eigenvalue weighted by Crippen LogP contribution is 2.30. The van der Waals surface area contributed by atoms with Gasteiger partial charge in [0, 0.05) is 25.9 Å². The summed E-state index contributed by atoms with van der Waals surface area (Å²) in [4.78, 5) is 14.3. The van der Waals surface area contributed by atoms with E-state index in [9.17, 15) is 4.79 Å². The molecule has 2 saturated heterocycles. The van der Waals surface area contributed by atoms with Crippen LogP contribution in [-0.4, -0.2) is 49.4 Å². The normalized spacial score (nSPS) is 21.7. The number of ether oxygens (including phenoxy) is 2. The van der Waals surface area contributed by atoms with Crippen LogP contribution in [0.1, 0.15) is 19.3 Å². The third-order valence-electron chi connectivity index (χ3n) is 4.15. The summed E-state index contributed by atoms with van der Waals surface area (Å²) >= 11 is 6.05. The number of nitrogens with one attached hydrogen (secondary N) is 1. The van der Waals surface area contributed by atoms with Gasteiger partial charge in [0.15, 0.2) is 5.79 Å². The van der Waals surface area contributed by atoms with Crippen LogP contribution >= 0.6 is 11.6 Å². The fraction of sp³-hybridized carbons (Fsp3) is 0.562. The Morgan fingerprint density at radius 3 is 2.59 bits per heavy atom. The predicted molar refractivity (Wildman–Crippen MR) is 85.0 cm³/mol. The number of carbonyl (C=O) groups is 1. The molecule has 6 heteroatoms. The Morgan fingerprint density at radius 2 is 1.91 bits per heavy atom. The van der Waals surface area contributed by atoms with Crippen molar-refractivity contribution in [3.63, 3.8) is 0 Å². The van der Waals surface area contributed by atoms with Gasteiger partial charge < -0.3 is 14.8 Å². The van der Waals surface area contributed by atoms with Gasteiger partial charge in [-0.15, -0.1) is 0 Å². The maximum atomic E-state index is 12.1. The van der Waals surface area contributed by atoms with E-state index in [0.29, 0.717) is 17.3 Å². The fourth-order valence-corrected chi connectivity index (χ4v) is 3.10. The smallest absolute Gasteiger partial charge is 0.238 e. The second-order valence-corrected chi connectivity index (χ2v) is 6.17. The molecule has 2 aliphatic rings. The summed E-state index contributed by atoms with van der Waals surface area (Å²) in [5.74, 6) is -0.455. The van der Waals surface area contributed by atoms with Gasteiger partial charge in [-0.2, -0.15) is 0 Å². The van der Waals surface area contributed by atoms with Crippen LogP contribution in [0.25, 0.3) is 0 Å². The Kier molecular flexibility index (Phi) is 4.98. The van der Waals surface area contributed by atoms with E-state index in [1.165, 1.54) is 0 Å². The Balaban J connectivity index is 1.48. The van der Waals surface area contributed by atoms with Gasteiger partial charge in [0.25, 0.3) is 0 Å². The first-order chi connectivity index (χ1) is 10.7. The number of piperidine rings is 1. The number of nitrogens with zero attached hydrogens (tertiary/aromatic N) is 1. The van der Waals surface area contributed by atoms with Gasteiger partial charge in [0.2, 0.25) is 5.91 Å². The van der Waals surface area contributed by atoms with Crippen molar-refractivity contribution in [2.75, 3.05) is 38.2 Å². The first-order valence-electron chi connectivity index (χ1n) is 7.72. The number of amides is 1. The molecule has 1 aromatic carbocycles. The zero-order chi connectivity index (χ0) is 15.4. The summed E-state index contributed by atoms with van der Waals surface area (Å²) in [6, 6.07) is 7.25. The number of rotatable bonds is 3. The molecule has 0 aromatic heterocycles. The molecule has 0 aliphatic carbocycles. The van der Waals surface area contributed by atoms with E-state index in [0.717, 1.165) is 45.6 Å². The van der Waals surface area contributed by atoms with Crippen LogP contribution in [0.15, 0.2) is 24.3 Å².